The number of nitrogens with zero attached hydrogens (tertiary/aromatic N) is 1. The largest absolute Gasteiger partial charge is 0.350 e. The lowest BCUT2D eigenvalue weighted by atomic mass is 10.1. The summed E-state index contributed by atoms with van der Waals surface area (Å²) in [5.41, 5.74) is 3.22. The van der Waals surface area contributed by atoms with Gasteiger partial charge in [0.2, 0.25) is 0 Å². The third kappa shape index (κ3) is 3.63. The van der Waals surface area contributed by atoms with Gasteiger partial charge in [-0.1, -0.05) is 30.3 Å². The predicted octanol–water partition coefficient (Wildman–Crippen LogP) is 3.30. The molecule has 5 heteroatoms. The van der Waals surface area contributed by atoms with Gasteiger partial charge in [-0.2, -0.15) is 0 Å². The van der Waals surface area contributed by atoms with E-state index in [1.807, 2.05) is 26.2 Å². The van der Waals surface area contributed by atoms with Crippen molar-refractivity contribution in [3.05, 3.63) is 71.2 Å². The molecule has 0 radical (unpaired) electrons. The number of aromatic amines is 1. The first-order valence-electron chi connectivity index (χ1n) is 7.81. The van der Waals surface area contributed by atoms with Crippen LogP contribution in [0.4, 0.5) is 4.39 Å². The summed E-state index contributed by atoms with van der Waals surface area (Å²) < 4.78 is 13.7. The Bertz CT molecular complexity index is 853. The Morgan fingerprint density at radius 3 is 2.50 bits per heavy atom. The number of rotatable bonds is 5. The number of benzene rings is 2. The normalized spacial score (nSPS) is 11.2. The number of aromatic nitrogens is 1. The lowest BCUT2D eigenvalue weighted by molar-refractivity contribution is 0.0947. The van der Waals surface area contributed by atoms with E-state index >= 15 is 0 Å². The van der Waals surface area contributed by atoms with Crippen molar-refractivity contribution in [2.45, 2.75) is 13.1 Å². The first-order valence-corrected chi connectivity index (χ1v) is 7.81. The van der Waals surface area contributed by atoms with Crippen LogP contribution in [-0.4, -0.2) is 29.9 Å². The molecule has 0 bridgehead atoms. The van der Waals surface area contributed by atoms with Crippen LogP contribution < -0.4 is 5.32 Å². The van der Waals surface area contributed by atoms with Crippen molar-refractivity contribution in [2.75, 3.05) is 14.1 Å². The van der Waals surface area contributed by atoms with E-state index in [2.05, 4.69) is 27.3 Å². The first kappa shape index (κ1) is 16.2. The van der Waals surface area contributed by atoms with Gasteiger partial charge in [0.05, 0.1) is 0 Å². The van der Waals surface area contributed by atoms with E-state index in [1.54, 1.807) is 18.2 Å². The molecule has 1 aromatic heterocycles. The van der Waals surface area contributed by atoms with Gasteiger partial charge in [-0.15, -0.1) is 0 Å². The van der Waals surface area contributed by atoms with Crippen LogP contribution in [0.25, 0.3) is 10.9 Å². The highest BCUT2D eigenvalue weighted by Gasteiger charge is 2.11. The molecular weight excluding hydrogens is 305 g/mol. The minimum Gasteiger partial charge on any atom is -0.350 e. The molecule has 3 rings (SSSR count). The van der Waals surface area contributed by atoms with Gasteiger partial charge < -0.3 is 15.2 Å². The molecule has 0 atom stereocenters. The number of nitrogens with one attached hydrogen (secondary N) is 2. The lowest BCUT2D eigenvalue weighted by Gasteiger charge is -2.10. The van der Waals surface area contributed by atoms with Gasteiger partial charge in [0.1, 0.15) is 11.5 Å². The van der Waals surface area contributed by atoms with Crippen molar-refractivity contribution >= 4 is 16.8 Å². The van der Waals surface area contributed by atoms with Crippen LogP contribution in [0.3, 0.4) is 0 Å². The number of hydrogen-bond donors (Lipinski definition) is 2. The molecule has 0 fully saturated rings. The molecule has 0 unspecified atom stereocenters. The van der Waals surface area contributed by atoms with Gasteiger partial charge in [-0.3, -0.25) is 4.79 Å². The standard InChI is InChI=1S/C19H20FN3O/c1-23(2)12-14-8-6-13(7-9-14)11-21-19(24)18-10-15-16(20)4-3-5-17(15)22-18/h3-10,22H,11-12H2,1-2H3,(H,21,24). The van der Waals surface area contributed by atoms with E-state index in [1.165, 1.54) is 11.6 Å². The van der Waals surface area contributed by atoms with Crippen LogP contribution in [0, 0.1) is 5.82 Å². The number of halogens is 1. The fourth-order valence-electron chi connectivity index (χ4n) is 2.65. The molecule has 4 nitrogen and oxygen atoms in total. The molecule has 0 spiro atoms. The maximum Gasteiger partial charge on any atom is 0.267 e. The second kappa shape index (κ2) is 6.84. The van der Waals surface area contributed by atoms with Gasteiger partial charge in [-0.05, 0) is 43.4 Å². The topological polar surface area (TPSA) is 48.1 Å². The van der Waals surface area contributed by atoms with Crippen molar-refractivity contribution < 1.29 is 9.18 Å². The summed E-state index contributed by atoms with van der Waals surface area (Å²) in [6.45, 7) is 1.31. The molecule has 24 heavy (non-hydrogen) atoms. The molecule has 1 amide bonds. The monoisotopic (exact) mass is 325 g/mol. The second-order valence-corrected chi connectivity index (χ2v) is 6.12. The average molecular weight is 325 g/mol. The number of amides is 1. The Hall–Kier alpha value is -2.66. The Labute approximate surface area is 140 Å². The van der Waals surface area contributed by atoms with E-state index in [0.29, 0.717) is 23.1 Å². The van der Waals surface area contributed by atoms with E-state index in [-0.39, 0.29) is 11.7 Å². The summed E-state index contributed by atoms with van der Waals surface area (Å²) in [6, 6.07) is 14.4. The van der Waals surface area contributed by atoms with Crippen LogP contribution in [0.5, 0.6) is 0 Å². The smallest absolute Gasteiger partial charge is 0.267 e. The van der Waals surface area contributed by atoms with Crippen LogP contribution in [0.15, 0.2) is 48.5 Å². The summed E-state index contributed by atoms with van der Waals surface area (Å²) in [5.74, 6) is -0.581. The van der Waals surface area contributed by atoms with Crippen molar-refractivity contribution in [1.29, 1.82) is 0 Å². The van der Waals surface area contributed by atoms with Crippen LogP contribution in [-0.2, 0) is 13.1 Å². The molecule has 3 aromatic rings. The van der Waals surface area contributed by atoms with Crippen molar-refractivity contribution in [2.24, 2.45) is 0 Å². The summed E-state index contributed by atoms with van der Waals surface area (Å²) in [5, 5.41) is 3.28. The molecule has 2 aromatic carbocycles. The van der Waals surface area contributed by atoms with Gasteiger partial charge in [0.25, 0.3) is 5.91 Å². The third-order valence-corrected chi connectivity index (χ3v) is 3.83. The zero-order valence-electron chi connectivity index (χ0n) is 13.8. The molecular formula is C19H20FN3O. The van der Waals surface area contributed by atoms with Crippen molar-refractivity contribution in [3.63, 3.8) is 0 Å². The molecule has 2 N–H and O–H groups in total. The van der Waals surface area contributed by atoms with Gasteiger partial charge in [0.15, 0.2) is 0 Å². The number of fused-ring (bicyclic) bond motifs is 1. The van der Waals surface area contributed by atoms with E-state index in [4.69, 9.17) is 0 Å². The van der Waals surface area contributed by atoms with Crippen molar-refractivity contribution in [1.82, 2.24) is 15.2 Å². The molecule has 0 aliphatic carbocycles. The average Bonchev–Trinajstić information content (AvgIpc) is 2.99. The van der Waals surface area contributed by atoms with Crippen LogP contribution >= 0.6 is 0 Å². The minimum absolute atomic E-state index is 0.247. The van der Waals surface area contributed by atoms with E-state index in [0.717, 1.165) is 12.1 Å². The predicted molar refractivity (Wildman–Crippen MR) is 93.3 cm³/mol. The quantitative estimate of drug-likeness (QED) is 0.756. The third-order valence-electron chi connectivity index (χ3n) is 3.83. The molecule has 0 saturated carbocycles. The van der Waals surface area contributed by atoms with E-state index in [9.17, 15) is 9.18 Å². The summed E-state index contributed by atoms with van der Waals surface area (Å²) in [4.78, 5) is 17.3. The molecule has 0 saturated heterocycles. The minimum atomic E-state index is -0.334. The highest BCUT2D eigenvalue weighted by Crippen LogP contribution is 2.18. The maximum absolute atomic E-state index is 13.7. The highest BCUT2D eigenvalue weighted by atomic mass is 19.1. The molecule has 1 heterocycles. The number of H-pyrrole nitrogens is 1. The summed E-state index contributed by atoms with van der Waals surface area (Å²) in [7, 11) is 4.05. The summed E-state index contributed by atoms with van der Waals surface area (Å²) >= 11 is 0. The summed E-state index contributed by atoms with van der Waals surface area (Å²) in [6.07, 6.45) is 0. The van der Waals surface area contributed by atoms with Crippen molar-refractivity contribution in [3.8, 4) is 0 Å². The SMILES string of the molecule is CN(C)Cc1ccc(CNC(=O)c2cc3c(F)cccc3[nH]2)cc1. The second-order valence-electron chi connectivity index (χ2n) is 6.12. The first-order chi connectivity index (χ1) is 11.5. The number of carbonyl (C=O) groups excluding carboxylic acids is 1. The molecule has 124 valence electrons. The van der Waals surface area contributed by atoms with E-state index < -0.39 is 0 Å². The Morgan fingerprint density at radius 1 is 1.12 bits per heavy atom. The zero-order valence-corrected chi connectivity index (χ0v) is 13.8. The fraction of sp³-hybridized carbons (Fsp3) is 0.211. The van der Waals surface area contributed by atoms with Gasteiger partial charge in [0, 0.05) is 24.0 Å². The Balaban J connectivity index is 1.65. The fourth-order valence-corrected chi connectivity index (χ4v) is 2.65. The molecule has 0 aliphatic heterocycles. The zero-order chi connectivity index (χ0) is 17.1. The lowest BCUT2D eigenvalue weighted by Crippen LogP contribution is -2.23. The number of carbonyl (C=O) groups is 1. The van der Waals surface area contributed by atoms with Gasteiger partial charge in [-0.25, -0.2) is 4.39 Å². The Kier molecular flexibility index (Phi) is 4.62. The van der Waals surface area contributed by atoms with Gasteiger partial charge >= 0.3 is 0 Å². The maximum atomic E-state index is 13.7. The van der Waals surface area contributed by atoms with Crippen LogP contribution in [0.2, 0.25) is 0 Å². The Morgan fingerprint density at radius 2 is 1.83 bits per heavy atom. The highest BCUT2D eigenvalue weighted by molar-refractivity contribution is 5.98. The van der Waals surface area contributed by atoms with Crippen LogP contribution in [0.1, 0.15) is 21.6 Å². The molecule has 0 aliphatic rings. The number of hydrogen-bond acceptors (Lipinski definition) is 2.